The number of piperazine rings is 1. The van der Waals surface area contributed by atoms with Gasteiger partial charge in [-0.1, -0.05) is 11.6 Å². The predicted molar refractivity (Wildman–Crippen MR) is 132 cm³/mol. The second-order valence-electron chi connectivity index (χ2n) is 9.02. The molecule has 4 rings (SSSR count). The van der Waals surface area contributed by atoms with Gasteiger partial charge in [0, 0.05) is 50.5 Å². The molecular formula is C24H30ClN3O5S. The average molecular weight is 508 g/mol. The molecule has 0 aliphatic carbocycles. The van der Waals surface area contributed by atoms with Gasteiger partial charge >= 0.3 is 5.97 Å². The third kappa shape index (κ3) is 5.02. The zero-order valence-corrected chi connectivity index (χ0v) is 21.5. The lowest BCUT2D eigenvalue weighted by Gasteiger charge is -2.36. The molecule has 0 saturated carbocycles. The molecule has 1 saturated heterocycles. The van der Waals surface area contributed by atoms with Crippen LogP contribution in [0.4, 0.5) is 5.69 Å². The summed E-state index contributed by atoms with van der Waals surface area (Å²) >= 11 is 6.63. The summed E-state index contributed by atoms with van der Waals surface area (Å²) < 4.78 is 37.5. The first-order valence-corrected chi connectivity index (χ1v) is 13.2. The van der Waals surface area contributed by atoms with Crippen molar-refractivity contribution in [3.05, 3.63) is 46.0 Å². The number of rotatable bonds is 5. The molecule has 2 aliphatic rings. The lowest BCUT2D eigenvalue weighted by molar-refractivity contribution is 0.0600. The van der Waals surface area contributed by atoms with Crippen LogP contribution in [-0.2, 0) is 20.3 Å². The largest absolute Gasteiger partial charge is 0.465 e. The molecule has 0 amide bonds. The number of ether oxygens (including phenoxy) is 2. The van der Waals surface area contributed by atoms with Crippen molar-refractivity contribution in [1.82, 2.24) is 9.80 Å². The number of anilines is 1. The minimum Gasteiger partial charge on any atom is -0.465 e. The third-order valence-corrected chi connectivity index (χ3v) is 8.20. The Kier molecular flexibility index (Phi) is 7.09. The topological polar surface area (TPSA) is 79.4 Å². The summed E-state index contributed by atoms with van der Waals surface area (Å²) in [4.78, 5) is 18.8. The fourth-order valence-electron chi connectivity index (χ4n) is 4.33. The first kappa shape index (κ1) is 24.8. The Hall–Kier alpha value is -2.33. The predicted octanol–water partition coefficient (Wildman–Crippen LogP) is 3.20. The number of fused-ring (bicyclic) bond motifs is 2. The number of carbonyl (C=O) groups excluding carboxylic acids is 1. The standard InChI is InChI=1S/C24H30ClN3O5S/c1-16-11-17(24(29)32-4)13-21-22(16)33-23-18(15-34(21,30)31)12-19(14-20(23)25)28-9-7-27(8-10-28)6-5-26(2)3/h11-14H,5-10,15H2,1-4H3. The monoisotopic (exact) mass is 507 g/mol. The zero-order chi connectivity index (χ0) is 24.6. The van der Waals surface area contributed by atoms with Crippen LogP contribution in [0.25, 0.3) is 0 Å². The Morgan fingerprint density at radius 1 is 1.12 bits per heavy atom. The van der Waals surface area contributed by atoms with E-state index in [1.165, 1.54) is 13.2 Å². The number of nitrogens with zero attached hydrogens (tertiary/aromatic N) is 3. The van der Waals surface area contributed by atoms with Crippen LogP contribution in [0.1, 0.15) is 21.5 Å². The SMILES string of the molecule is COC(=O)c1cc(C)c2c(c1)S(=O)(=O)Cc1cc(N3CCN(CCN(C)C)CC3)cc(Cl)c1O2. The third-order valence-electron chi connectivity index (χ3n) is 6.25. The molecule has 0 spiro atoms. The highest BCUT2D eigenvalue weighted by Crippen LogP contribution is 2.45. The molecule has 2 aromatic rings. The first-order chi connectivity index (χ1) is 16.1. The maximum atomic E-state index is 13.3. The van der Waals surface area contributed by atoms with Crippen LogP contribution in [0, 0.1) is 6.92 Å². The minimum atomic E-state index is -3.79. The van der Waals surface area contributed by atoms with Gasteiger partial charge in [0.1, 0.15) is 16.4 Å². The summed E-state index contributed by atoms with van der Waals surface area (Å²) in [5.74, 6) is -0.342. The number of benzene rings is 2. The van der Waals surface area contributed by atoms with Gasteiger partial charge in [-0.15, -0.1) is 0 Å². The van der Waals surface area contributed by atoms with Crippen molar-refractivity contribution in [1.29, 1.82) is 0 Å². The molecular weight excluding hydrogens is 478 g/mol. The molecule has 2 heterocycles. The van der Waals surface area contributed by atoms with Crippen LogP contribution in [0.5, 0.6) is 11.5 Å². The van der Waals surface area contributed by atoms with E-state index in [-0.39, 0.29) is 22.0 Å². The van der Waals surface area contributed by atoms with Crippen molar-refractivity contribution in [2.45, 2.75) is 17.6 Å². The quantitative estimate of drug-likeness (QED) is 0.571. The van der Waals surface area contributed by atoms with Crippen LogP contribution in [0.2, 0.25) is 5.02 Å². The Labute approximate surface area is 205 Å². The van der Waals surface area contributed by atoms with Gasteiger partial charge in [0.25, 0.3) is 0 Å². The van der Waals surface area contributed by atoms with E-state index >= 15 is 0 Å². The van der Waals surface area contributed by atoms with E-state index in [9.17, 15) is 13.2 Å². The Balaban J connectivity index is 1.63. The maximum Gasteiger partial charge on any atom is 0.337 e. The highest BCUT2D eigenvalue weighted by atomic mass is 35.5. The molecule has 0 atom stereocenters. The highest BCUT2D eigenvalue weighted by Gasteiger charge is 2.32. The normalized spacial score (nSPS) is 17.5. The summed E-state index contributed by atoms with van der Waals surface area (Å²) in [5, 5.41) is 0.363. The van der Waals surface area contributed by atoms with Gasteiger partial charge in [-0.25, -0.2) is 13.2 Å². The minimum absolute atomic E-state index is 0.0313. The zero-order valence-electron chi connectivity index (χ0n) is 19.9. The van der Waals surface area contributed by atoms with E-state index in [1.807, 2.05) is 12.1 Å². The highest BCUT2D eigenvalue weighted by molar-refractivity contribution is 7.90. The van der Waals surface area contributed by atoms with Gasteiger partial charge in [0.2, 0.25) is 0 Å². The van der Waals surface area contributed by atoms with E-state index in [1.54, 1.807) is 13.0 Å². The second-order valence-corrected chi connectivity index (χ2v) is 11.4. The number of sulfone groups is 1. The Morgan fingerprint density at radius 2 is 1.82 bits per heavy atom. The van der Waals surface area contributed by atoms with Crippen molar-refractivity contribution in [3.63, 3.8) is 0 Å². The molecule has 2 aliphatic heterocycles. The number of hydrogen-bond donors (Lipinski definition) is 0. The van der Waals surface area contributed by atoms with Crippen molar-refractivity contribution in [3.8, 4) is 11.5 Å². The molecule has 0 unspecified atom stereocenters. The van der Waals surface area contributed by atoms with Gasteiger partial charge < -0.3 is 19.3 Å². The van der Waals surface area contributed by atoms with Crippen LogP contribution < -0.4 is 9.64 Å². The Morgan fingerprint density at radius 3 is 2.47 bits per heavy atom. The number of aryl methyl sites for hydroxylation is 1. The van der Waals surface area contributed by atoms with Crippen LogP contribution in [0.15, 0.2) is 29.2 Å². The van der Waals surface area contributed by atoms with Crippen molar-refractivity contribution < 1.29 is 22.7 Å². The molecule has 8 nitrogen and oxygen atoms in total. The van der Waals surface area contributed by atoms with Gasteiger partial charge in [-0.2, -0.15) is 0 Å². The Bertz CT molecular complexity index is 1210. The van der Waals surface area contributed by atoms with E-state index in [2.05, 4.69) is 28.8 Å². The lowest BCUT2D eigenvalue weighted by Crippen LogP contribution is -2.48. The van der Waals surface area contributed by atoms with E-state index in [4.69, 9.17) is 21.1 Å². The first-order valence-electron chi connectivity index (χ1n) is 11.2. The van der Waals surface area contributed by atoms with E-state index in [0.717, 1.165) is 45.0 Å². The molecule has 1 fully saturated rings. The number of hydrogen-bond acceptors (Lipinski definition) is 8. The molecule has 0 bridgehead atoms. The summed E-state index contributed by atoms with van der Waals surface area (Å²) in [5.41, 5.74) is 2.07. The number of carbonyl (C=O) groups is 1. The van der Waals surface area contributed by atoms with E-state index in [0.29, 0.717) is 21.9 Å². The maximum absolute atomic E-state index is 13.3. The fraction of sp³-hybridized carbons (Fsp3) is 0.458. The summed E-state index contributed by atoms with van der Waals surface area (Å²) in [6.45, 7) is 7.25. The van der Waals surface area contributed by atoms with Crippen molar-refractivity contribution in [2.24, 2.45) is 0 Å². The van der Waals surface area contributed by atoms with Crippen LogP contribution >= 0.6 is 11.6 Å². The fourth-order valence-corrected chi connectivity index (χ4v) is 6.18. The van der Waals surface area contributed by atoms with Gasteiger partial charge in [0.15, 0.2) is 9.84 Å². The van der Waals surface area contributed by atoms with Crippen LogP contribution in [-0.4, -0.2) is 84.7 Å². The van der Waals surface area contributed by atoms with Gasteiger partial charge in [-0.3, -0.25) is 4.90 Å². The molecule has 10 heteroatoms. The molecule has 184 valence electrons. The van der Waals surface area contributed by atoms with Crippen LogP contribution in [0.3, 0.4) is 0 Å². The second kappa shape index (κ2) is 9.73. The molecule has 2 aromatic carbocycles. The smallest absolute Gasteiger partial charge is 0.337 e. The summed E-state index contributed by atoms with van der Waals surface area (Å²) in [6.07, 6.45) is 0. The van der Waals surface area contributed by atoms with Crippen molar-refractivity contribution in [2.75, 3.05) is 65.4 Å². The van der Waals surface area contributed by atoms with Gasteiger partial charge in [-0.05, 0) is 50.8 Å². The molecule has 34 heavy (non-hydrogen) atoms. The van der Waals surface area contributed by atoms with Crippen molar-refractivity contribution >= 4 is 33.1 Å². The summed E-state index contributed by atoms with van der Waals surface area (Å²) in [7, 11) is 1.61. The number of esters is 1. The van der Waals surface area contributed by atoms with Gasteiger partial charge in [0.05, 0.1) is 23.4 Å². The summed E-state index contributed by atoms with van der Waals surface area (Å²) in [6, 6.07) is 6.57. The molecule has 0 radical (unpaired) electrons. The molecule has 0 aromatic heterocycles. The average Bonchev–Trinajstić information content (AvgIpc) is 2.91. The van der Waals surface area contributed by atoms with E-state index < -0.39 is 15.8 Å². The lowest BCUT2D eigenvalue weighted by atomic mass is 10.1. The number of halogens is 1. The molecule has 0 N–H and O–H groups in total. The number of likely N-dealkylation sites (N-methyl/N-ethyl adjacent to an activating group) is 1. The number of methoxy groups -OCH3 is 1.